The summed E-state index contributed by atoms with van der Waals surface area (Å²) in [5, 5.41) is 7.04. The Morgan fingerprint density at radius 2 is 1.82 bits per heavy atom. The fourth-order valence-corrected chi connectivity index (χ4v) is 6.37. The maximum atomic E-state index is 13.5. The molecule has 1 amide bonds. The van der Waals surface area contributed by atoms with Crippen molar-refractivity contribution in [2.75, 3.05) is 33.6 Å². The molecule has 224 valence electrons. The predicted molar refractivity (Wildman–Crippen MR) is 148 cm³/mol. The molecule has 0 atom stereocenters. The lowest BCUT2D eigenvalue weighted by molar-refractivity contribution is -0.211. The molecular weight excluding hydrogens is 571 g/mol. The average Bonchev–Trinajstić information content (AvgIpc) is 3.20. The minimum atomic E-state index is -4.38. The van der Waals surface area contributed by atoms with Gasteiger partial charge in [0.25, 0.3) is 5.91 Å². The zero-order valence-corrected chi connectivity index (χ0v) is 25.0. The van der Waals surface area contributed by atoms with Gasteiger partial charge >= 0.3 is 6.18 Å². The zero-order chi connectivity index (χ0) is 29.9. The van der Waals surface area contributed by atoms with Crippen molar-refractivity contribution < 1.29 is 35.9 Å². The number of hydrogen-bond acceptors (Lipinski definition) is 6. The summed E-state index contributed by atoms with van der Waals surface area (Å²) in [6, 6.07) is 4.75. The summed E-state index contributed by atoms with van der Waals surface area (Å²) < 4.78 is 76.2. The Balaban J connectivity index is 1.85. The van der Waals surface area contributed by atoms with Crippen LogP contribution in [-0.2, 0) is 27.5 Å². The molecule has 0 bridgehead atoms. The number of ether oxygens (including phenoxy) is 2. The number of hydrogen-bond donors (Lipinski definition) is 1. The van der Waals surface area contributed by atoms with Crippen molar-refractivity contribution in [1.29, 1.82) is 0 Å². The molecule has 0 saturated heterocycles. The average molecular weight is 608 g/mol. The molecule has 1 N–H and O–H groups in total. The number of carbonyl (C=O) groups is 1. The normalized spacial score (nSPS) is 18.5. The molecule has 3 rings (SSSR count). The molecule has 0 aliphatic heterocycles. The summed E-state index contributed by atoms with van der Waals surface area (Å²) in [5.74, 6) is -0.0370. The molecule has 0 unspecified atom stereocenters. The summed E-state index contributed by atoms with van der Waals surface area (Å²) in [6.45, 7) is 3.19. The largest absolute Gasteiger partial charge is 0.496 e. The summed E-state index contributed by atoms with van der Waals surface area (Å²) >= 11 is 6.71. The van der Waals surface area contributed by atoms with Crippen LogP contribution in [0.4, 0.5) is 13.2 Å². The number of halogens is 4. The molecule has 1 aromatic carbocycles. The fourth-order valence-electron chi connectivity index (χ4n) is 4.92. The Morgan fingerprint density at radius 1 is 1.18 bits per heavy atom. The predicted octanol–water partition coefficient (Wildman–Crippen LogP) is 5.32. The minimum Gasteiger partial charge on any atom is -0.496 e. The summed E-state index contributed by atoms with van der Waals surface area (Å²) in [6.07, 6.45) is -0.870. The SMILES string of the molecule is COCCn1nc(C(=O)NC[C@H]2CC[C@H](S(C)(=O)=O)CC2)c(Cl)c1-c1ccc(CC(C)(C)C(F)(F)F)cc1OC. The number of carbonyl (C=O) groups excluding carboxylic acids is 1. The van der Waals surface area contributed by atoms with Crippen molar-refractivity contribution >= 4 is 27.3 Å². The Bertz CT molecular complexity index is 1300. The van der Waals surface area contributed by atoms with Gasteiger partial charge in [-0.2, -0.15) is 18.3 Å². The van der Waals surface area contributed by atoms with Gasteiger partial charge in [0.05, 0.1) is 41.6 Å². The third kappa shape index (κ3) is 7.50. The number of rotatable bonds is 11. The molecule has 1 saturated carbocycles. The second kappa shape index (κ2) is 12.7. The van der Waals surface area contributed by atoms with Crippen molar-refractivity contribution in [2.24, 2.45) is 11.3 Å². The number of methoxy groups -OCH3 is 2. The second-order valence-electron chi connectivity index (χ2n) is 11.0. The van der Waals surface area contributed by atoms with Crippen LogP contribution < -0.4 is 10.1 Å². The molecule has 2 aromatic rings. The number of sulfone groups is 1. The van der Waals surface area contributed by atoms with E-state index >= 15 is 0 Å². The summed E-state index contributed by atoms with van der Waals surface area (Å²) in [7, 11) is -0.145. The number of amides is 1. The first-order valence-corrected chi connectivity index (χ1v) is 15.4. The van der Waals surface area contributed by atoms with Crippen molar-refractivity contribution in [3.05, 3.63) is 34.5 Å². The molecular formula is C27H37ClF3N3O5S. The Kier molecular flexibility index (Phi) is 10.2. The molecule has 1 fully saturated rings. The van der Waals surface area contributed by atoms with Gasteiger partial charge in [0.2, 0.25) is 0 Å². The second-order valence-corrected chi connectivity index (χ2v) is 13.7. The summed E-state index contributed by atoms with van der Waals surface area (Å²) in [4.78, 5) is 13.1. The van der Waals surface area contributed by atoms with Crippen LogP contribution in [0.3, 0.4) is 0 Å². The van der Waals surface area contributed by atoms with Crippen LogP contribution in [0.25, 0.3) is 11.3 Å². The van der Waals surface area contributed by atoms with Crippen molar-refractivity contribution in [2.45, 2.75) is 63.9 Å². The molecule has 13 heteroatoms. The Morgan fingerprint density at radius 3 is 2.38 bits per heavy atom. The van der Waals surface area contributed by atoms with Crippen molar-refractivity contribution in [3.63, 3.8) is 0 Å². The van der Waals surface area contributed by atoms with E-state index in [1.54, 1.807) is 18.2 Å². The molecule has 0 spiro atoms. The zero-order valence-electron chi connectivity index (χ0n) is 23.4. The van der Waals surface area contributed by atoms with E-state index in [0.717, 1.165) is 13.8 Å². The van der Waals surface area contributed by atoms with Crippen LogP contribution >= 0.6 is 11.6 Å². The molecule has 8 nitrogen and oxygen atoms in total. The van der Waals surface area contributed by atoms with Gasteiger partial charge in [-0.3, -0.25) is 9.48 Å². The maximum absolute atomic E-state index is 13.5. The van der Waals surface area contributed by atoms with Crippen LogP contribution in [0, 0.1) is 11.3 Å². The van der Waals surface area contributed by atoms with E-state index in [-0.39, 0.29) is 41.5 Å². The standard InChI is InChI=1S/C27H37ClF3N3O5S/c1-26(2,27(29,30)31)15-18-8-11-20(21(14-18)39-4)24-22(28)23(33-34(24)12-13-38-3)25(35)32-16-17-6-9-19(10-7-17)40(5,36)37/h8,11,14,17,19H,6-7,9-10,12-13,15-16H2,1-5H3,(H,32,35)/t17-,19-. The lowest BCUT2D eigenvalue weighted by atomic mass is 9.84. The lowest BCUT2D eigenvalue weighted by Gasteiger charge is -2.28. The number of benzene rings is 1. The van der Waals surface area contributed by atoms with Crippen LogP contribution in [-0.4, -0.2) is 69.2 Å². The van der Waals surface area contributed by atoms with Crippen molar-refractivity contribution in [3.8, 4) is 17.0 Å². The van der Waals surface area contributed by atoms with E-state index in [2.05, 4.69) is 10.4 Å². The first kappa shape index (κ1) is 32.2. The van der Waals surface area contributed by atoms with Gasteiger partial charge in [-0.1, -0.05) is 31.5 Å². The number of aromatic nitrogens is 2. The lowest BCUT2D eigenvalue weighted by Crippen LogP contribution is -2.34. The monoisotopic (exact) mass is 607 g/mol. The first-order chi connectivity index (χ1) is 18.6. The smallest absolute Gasteiger partial charge is 0.394 e. The van der Waals surface area contributed by atoms with Gasteiger partial charge in [-0.15, -0.1) is 0 Å². The van der Waals surface area contributed by atoms with E-state index in [4.69, 9.17) is 21.1 Å². The number of nitrogens with zero attached hydrogens (tertiary/aromatic N) is 2. The van der Waals surface area contributed by atoms with Crippen molar-refractivity contribution in [1.82, 2.24) is 15.1 Å². The quantitative estimate of drug-likeness (QED) is 0.371. The fraction of sp³-hybridized carbons (Fsp3) is 0.630. The third-order valence-electron chi connectivity index (χ3n) is 7.50. The molecule has 1 aliphatic carbocycles. The maximum Gasteiger partial charge on any atom is 0.394 e. The van der Waals surface area contributed by atoms with Crippen LogP contribution in [0.15, 0.2) is 18.2 Å². The highest BCUT2D eigenvalue weighted by molar-refractivity contribution is 7.91. The summed E-state index contributed by atoms with van der Waals surface area (Å²) in [5.41, 5.74) is -0.640. The number of nitrogens with one attached hydrogen (secondary N) is 1. The van der Waals surface area contributed by atoms with Gasteiger partial charge < -0.3 is 14.8 Å². The topological polar surface area (TPSA) is 99.5 Å². The van der Waals surface area contributed by atoms with E-state index in [1.807, 2.05) is 0 Å². The number of alkyl halides is 3. The minimum absolute atomic E-state index is 0.00178. The van der Waals surface area contributed by atoms with E-state index in [9.17, 15) is 26.4 Å². The first-order valence-electron chi connectivity index (χ1n) is 13.1. The molecule has 40 heavy (non-hydrogen) atoms. The van der Waals surface area contributed by atoms with Gasteiger partial charge in [-0.25, -0.2) is 8.42 Å². The van der Waals surface area contributed by atoms with Crippen LogP contribution in [0.5, 0.6) is 5.75 Å². The van der Waals surface area contributed by atoms with E-state index in [0.29, 0.717) is 54.8 Å². The van der Waals surface area contributed by atoms with Gasteiger partial charge in [-0.05, 0) is 55.7 Å². The Hall–Kier alpha value is -2.31. The Labute approximate surface area is 238 Å². The highest BCUT2D eigenvalue weighted by atomic mass is 35.5. The van der Waals surface area contributed by atoms with Crippen LogP contribution in [0.2, 0.25) is 5.02 Å². The molecule has 1 heterocycles. The third-order valence-corrected chi connectivity index (χ3v) is 9.54. The van der Waals surface area contributed by atoms with E-state index in [1.165, 1.54) is 25.2 Å². The van der Waals surface area contributed by atoms with Gasteiger partial charge in [0.15, 0.2) is 5.69 Å². The van der Waals surface area contributed by atoms with E-state index < -0.39 is 27.3 Å². The molecule has 0 radical (unpaired) electrons. The highest BCUT2D eigenvalue weighted by Crippen LogP contribution is 2.42. The van der Waals surface area contributed by atoms with Crippen LogP contribution in [0.1, 0.15) is 55.6 Å². The van der Waals surface area contributed by atoms with Gasteiger partial charge in [0, 0.05) is 25.5 Å². The molecule has 1 aliphatic rings. The molecule has 1 aromatic heterocycles. The highest BCUT2D eigenvalue weighted by Gasteiger charge is 2.47. The van der Waals surface area contributed by atoms with Gasteiger partial charge in [0.1, 0.15) is 15.6 Å².